The Hall–Kier alpha value is -5.95. The van der Waals surface area contributed by atoms with E-state index in [1.807, 2.05) is 29.2 Å². The van der Waals surface area contributed by atoms with Gasteiger partial charge in [0.05, 0.1) is 52.0 Å². The molecule has 12 rings (SSSR count). The van der Waals surface area contributed by atoms with E-state index in [2.05, 4.69) is 69.9 Å². The van der Waals surface area contributed by atoms with Gasteiger partial charge in [0.2, 0.25) is 5.88 Å². The number of aromatic nitrogens is 2. The van der Waals surface area contributed by atoms with Gasteiger partial charge >= 0.3 is 0 Å². The quantitative estimate of drug-likeness (QED) is 0.0841. The van der Waals surface area contributed by atoms with Crippen LogP contribution in [0.15, 0.2) is 77.8 Å². The summed E-state index contributed by atoms with van der Waals surface area (Å²) in [5.74, 6) is 0.158. The zero-order valence-corrected chi connectivity index (χ0v) is 41.5. The van der Waals surface area contributed by atoms with Crippen molar-refractivity contribution in [2.45, 2.75) is 119 Å². The standard InChI is InChI=1S/C53H62N8O9S/c1-31(2)37-8-5-6-9-38(37)41-10-7-19-59(41)35-24-53(25-35)29-58(30-53)34-11-12-39(42(21-34)60-44-20-33-15-18-54-49(33)56-51(44)70-47-28-68-27-45(47)60)50(62)57-71(65,66)36-22-43(61(63)64)48-46(23-36)69-26-40(55-48)32-13-16-52(3,67-4)17-14-32/h5-6,8-9,11-12,15,18,20-23,31-32,35,40-41,45,47,55H,7,10,13-14,16-17,19,24-30H2,1-4H3,(H,54,56)(H,57,62)/t32?,40-,41-,45-,47-,52?/m0/s1. The summed E-state index contributed by atoms with van der Waals surface area (Å²) >= 11 is 0. The highest BCUT2D eigenvalue weighted by atomic mass is 32.2. The largest absolute Gasteiger partial charge is 0.489 e. The monoisotopic (exact) mass is 986 g/mol. The lowest BCUT2D eigenvalue weighted by Crippen LogP contribution is -2.66. The highest BCUT2D eigenvalue weighted by molar-refractivity contribution is 7.90. The molecule has 3 saturated heterocycles. The molecule has 3 aromatic carbocycles. The Bertz CT molecular complexity index is 3030. The van der Waals surface area contributed by atoms with Crippen LogP contribution in [0.3, 0.4) is 0 Å². The van der Waals surface area contributed by atoms with Gasteiger partial charge < -0.3 is 39.0 Å². The van der Waals surface area contributed by atoms with E-state index < -0.39 is 37.5 Å². The van der Waals surface area contributed by atoms with Gasteiger partial charge in [-0.2, -0.15) is 4.98 Å². The number of pyridine rings is 1. The molecule has 0 radical (unpaired) electrons. The van der Waals surface area contributed by atoms with E-state index in [1.165, 1.54) is 30.0 Å². The van der Waals surface area contributed by atoms with Gasteiger partial charge in [-0.25, -0.2) is 13.1 Å². The second-order valence-electron chi connectivity index (χ2n) is 21.7. The fraction of sp³-hybridized carbons (Fsp3) is 0.509. The molecule has 2 aromatic heterocycles. The Kier molecular flexibility index (Phi) is 11.3. The number of nitro benzene ring substituents is 1. The maximum absolute atomic E-state index is 14.7. The number of nitrogens with one attached hydrogen (secondary N) is 3. The predicted octanol–water partition coefficient (Wildman–Crippen LogP) is 8.59. The van der Waals surface area contributed by atoms with Crippen molar-refractivity contribution in [1.82, 2.24) is 19.6 Å². The van der Waals surface area contributed by atoms with E-state index >= 15 is 0 Å². The molecule has 2 aliphatic carbocycles. The number of anilines is 4. The number of aromatic amines is 1. The number of rotatable bonds is 11. The SMILES string of the molecule is COC1(C)CCC([C@@H]2COc3cc(S(=O)(=O)NC(=O)c4ccc(N5CC6(CC(N7CCC[C@H]7c7ccccc7C(C)C)C6)C5)cc4N4c5cc6cc[nH]c6nc5O[C@H]5COC[C@@H]54)cc([N+](=O)[O-])c3N2)CC1. The van der Waals surface area contributed by atoms with Crippen LogP contribution in [0.2, 0.25) is 0 Å². The molecule has 7 aliphatic rings. The number of carbonyl (C=O) groups excluding carboxylic acids is 1. The summed E-state index contributed by atoms with van der Waals surface area (Å²) in [6, 6.07) is 21.0. The number of nitrogens with zero attached hydrogens (tertiary/aromatic N) is 5. The molecule has 2 saturated carbocycles. The van der Waals surface area contributed by atoms with Gasteiger partial charge in [0.1, 0.15) is 24.0 Å². The summed E-state index contributed by atoms with van der Waals surface area (Å²) in [7, 11) is -2.97. The van der Waals surface area contributed by atoms with E-state index in [-0.39, 0.29) is 52.6 Å². The molecule has 5 aliphatic heterocycles. The molecule has 374 valence electrons. The molecule has 0 bridgehead atoms. The zero-order chi connectivity index (χ0) is 49.0. The van der Waals surface area contributed by atoms with E-state index in [0.717, 1.165) is 75.3 Å². The molecule has 5 aromatic rings. The summed E-state index contributed by atoms with van der Waals surface area (Å²) < 4.78 is 55.2. The van der Waals surface area contributed by atoms with Crippen LogP contribution in [-0.4, -0.2) is 111 Å². The van der Waals surface area contributed by atoms with Crippen molar-refractivity contribution in [2.24, 2.45) is 11.3 Å². The Labute approximate surface area is 413 Å². The van der Waals surface area contributed by atoms with Crippen LogP contribution in [0.5, 0.6) is 11.6 Å². The molecular weight excluding hydrogens is 925 g/mol. The highest BCUT2D eigenvalue weighted by Gasteiger charge is 2.55. The number of nitro groups is 1. The van der Waals surface area contributed by atoms with Crippen LogP contribution in [-0.2, 0) is 19.5 Å². The molecule has 5 fully saturated rings. The fourth-order valence-electron chi connectivity index (χ4n) is 13.0. The molecule has 18 heteroatoms. The number of hydrogen-bond donors (Lipinski definition) is 3. The van der Waals surface area contributed by atoms with Gasteiger partial charge in [-0.05, 0) is 118 Å². The Morgan fingerprint density at radius 2 is 1.80 bits per heavy atom. The topological polar surface area (TPSA) is 194 Å². The minimum atomic E-state index is -4.69. The third-order valence-electron chi connectivity index (χ3n) is 17.0. The number of carbonyl (C=O) groups is 1. The molecule has 0 unspecified atom stereocenters. The number of fused-ring (bicyclic) bond motifs is 4. The highest BCUT2D eigenvalue weighted by Crippen LogP contribution is 2.55. The van der Waals surface area contributed by atoms with Crippen LogP contribution in [0.1, 0.15) is 106 Å². The smallest absolute Gasteiger partial charge is 0.297 e. The summed E-state index contributed by atoms with van der Waals surface area (Å²) in [6.45, 7) is 10.3. The predicted molar refractivity (Wildman–Crippen MR) is 269 cm³/mol. The second-order valence-corrected chi connectivity index (χ2v) is 23.4. The van der Waals surface area contributed by atoms with E-state index in [4.69, 9.17) is 23.9 Å². The van der Waals surface area contributed by atoms with Crippen LogP contribution < -0.4 is 29.3 Å². The van der Waals surface area contributed by atoms with Gasteiger partial charge in [0, 0.05) is 67.1 Å². The fourth-order valence-corrected chi connectivity index (χ4v) is 14.0. The molecule has 7 heterocycles. The Morgan fingerprint density at radius 1 is 1.00 bits per heavy atom. The summed E-state index contributed by atoms with van der Waals surface area (Å²) in [5.41, 5.74) is 5.30. The van der Waals surface area contributed by atoms with Gasteiger partial charge in [0.15, 0.2) is 11.4 Å². The first kappa shape index (κ1) is 46.1. The van der Waals surface area contributed by atoms with Crippen molar-refractivity contribution >= 4 is 55.4 Å². The molecule has 1 amide bonds. The maximum atomic E-state index is 14.7. The van der Waals surface area contributed by atoms with E-state index in [0.29, 0.717) is 54.1 Å². The number of H-pyrrole nitrogens is 1. The average Bonchev–Trinajstić information content (AvgIpc) is 4.13. The first-order chi connectivity index (χ1) is 34.2. The average molecular weight is 987 g/mol. The number of likely N-dealkylation sites (tertiary alicyclic amines) is 1. The van der Waals surface area contributed by atoms with Crippen LogP contribution in [0, 0.1) is 21.4 Å². The van der Waals surface area contributed by atoms with Crippen LogP contribution in [0.4, 0.5) is 28.4 Å². The number of ether oxygens (including phenoxy) is 4. The Morgan fingerprint density at radius 3 is 2.58 bits per heavy atom. The minimum absolute atomic E-state index is 0.0356. The lowest BCUT2D eigenvalue weighted by molar-refractivity contribution is -0.384. The van der Waals surface area contributed by atoms with Gasteiger partial charge in [-0.15, -0.1) is 0 Å². The molecule has 4 atom stereocenters. The lowest BCUT2D eigenvalue weighted by atomic mass is 9.60. The molecule has 3 N–H and O–H groups in total. The van der Waals surface area contributed by atoms with Gasteiger partial charge in [-0.1, -0.05) is 38.1 Å². The van der Waals surface area contributed by atoms with Crippen molar-refractivity contribution in [3.05, 3.63) is 99.7 Å². The van der Waals surface area contributed by atoms with Gasteiger partial charge in [0.25, 0.3) is 21.6 Å². The van der Waals surface area contributed by atoms with Crippen molar-refractivity contribution < 1.29 is 37.1 Å². The number of sulfonamides is 1. The number of hydrogen-bond acceptors (Lipinski definition) is 14. The first-order valence-corrected chi connectivity index (χ1v) is 26.8. The first-order valence-electron chi connectivity index (χ1n) is 25.3. The number of amides is 1. The summed E-state index contributed by atoms with van der Waals surface area (Å²) in [6.07, 6.45) is 9.41. The van der Waals surface area contributed by atoms with Crippen molar-refractivity contribution in [2.75, 3.05) is 61.7 Å². The molecule has 1 spiro atoms. The molecular formula is C53H62N8O9S. The Balaban J connectivity index is 0.828. The van der Waals surface area contributed by atoms with E-state index in [1.54, 1.807) is 19.4 Å². The zero-order valence-electron chi connectivity index (χ0n) is 40.7. The van der Waals surface area contributed by atoms with Crippen LogP contribution in [0.25, 0.3) is 11.0 Å². The van der Waals surface area contributed by atoms with Crippen molar-refractivity contribution in [3.63, 3.8) is 0 Å². The van der Waals surface area contributed by atoms with Crippen molar-refractivity contribution in [3.8, 4) is 11.6 Å². The lowest BCUT2D eigenvalue weighted by Gasteiger charge is -2.62. The van der Waals surface area contributed by atoms with E-state index in [9.17, 15) is 23.3 Å². The summed E-state index contributed by atoms with van der Waals surface area (Å²) in [4.78, 5) is 41.4. The van der Waals surface area contributed by atoms with Gasteiger partial charge in [-0.3, -0.25) is 19.8 Å². The minimum Gasteiger partial charge on any atom is -0.489 e. The van der Waals surface area contributed by atoms with Crippen LogP contribution >= 0.6 is 0 Å². The maximum Gasteiger partial charge on any atom is 0.297 e. The molecule has 17 nitrogen and oxygen atoms in total. The number of benzene rings is 3. The summed E-state index contributed by atoms with van der Waals surface area (Å²) in [5, 5.41) is 16.8. The molecule has 71 heavy (non-hydrogen) atoms. The number of methoxy groups -OCH3 is 1. The third-order valence-corrected chi connectivity index (χ3v) is 18.3. The third kappa shape index (κ3) is 8.05. The second kappa shape index (κ2) is 17.4. The van der Waals surface area contributed by atoms with Crippen molar-refractivity contribution in [1.29, 1.82) is 0 Å². The normalized spacial score (nSPS) is 27.0.